The lowest BCUT2D eigenvalue weighted by molar-refractivity contribution is -0.00644. The summed E-state index contributed by atoms with van der Waals surface area (Å²) in [6.45, 7) is 8.20. The molecule has 3 fully saturated rings. The normalized spacial score (nSPS) is 19.6. The highest BCUT2D eigenvalue weighted by atomic mass is 35.5. The van der Waals surface area contributed by atoms with Crippen molar-refractivity contribution in [3.05, 3.63) is 58.7 Å². The lowest BCUT2D eigenvalue weighted by Gasteiger charge is -2.55. The van der Waals surface area contributed by atoms with Crippen molar-refractivity contribution in [3.8, 4) is 0 Å². The quantitative estimate of drug-likeness (QED) is 0.275. The van der Waals surface area contributed by atoms with Crippen LogP contribution in [-0.4, -0.2) is 60.4 Å². The van der Waals surface area contributed by atoms with Gasteiger partial charge < -0.3 is 25.0 Å². The van der Waals surface area contributed by atoms with Gasteiger partial charge in [-0.05, 0) is 101 Å². The summed E-state index contributed by atoms with van der Waals surface area (Å²) in [6.07, 6.45) is 9.54. The summed E-state index contributed by atoms with van der Waals surface area (Å²) in [7, 11) is -2.50. The van der Waals surface area contributed by atoms with Crippen LogP contribution < -0.4 is 20.8 Å². The Hall–Kier alpha value is -2.31. The summed E-state index contributed by atoms with van der Waals surface area (Å²) in [6, 6.07) is 14.4. The Labute approximate surface area is 247 Å². The van der Waals surface area contributed by atoms with Crippen LogP contribution in [0.25, 0.3) is 0 Å². The summed E-state index contributed by atoms with van der Waals surface area (Å²) in [5.41, 5.74) is 3.14. The van der Waals surface area contributed by atoms with E-state index in [9.17, 15) is 4.57 Å². The number of anilines is 5. The zero-order chi connectivity index (χ0) is 27.9. The van der Waals surface area contributed by atoms with Gasteiger partial charge in [0.25, 0.3) is 0 Å². The van der Waals surface area contributed by atoms with E-state index in [-0.39, 0.29) is 0 Å². The van der Waals surface area contributed by atoms with E-state index in [1.165, 1.54) is 51.6 Å². The van der Waals surface area contributed by atoms with Gasteiger partial charge in [0.1, 0.15) is 12.2 Å². The van der Waals surface area contributed by atoms with E-state index in [2.05, 4.69) is 36.5 Å². The van der Waals surface area contributed by atoms with Gasteiger partial charge in [0.05, 0.1) is 22.6 Å². The molecule has 2 aliphatic heterocycles. The molecule has 3 aromatic rings. The van der Waals surface area contributed by atoms with Crippen LogP contribution in [0, 0.1) is 5.41 Å². The van der Waals surface area contributed by atoms with E-state index in [4.69, 9.17) is 23.2 Å². The van der Waals surface area contributed by atoms with Gasteiger partial charge in [0.15, 0.2) is 5.82 Å². The number of hydrogen-bond acceptors (Lipinski definition) is 7. The standard InChI is InChI=1S/C30H37Cl2N6OP/c1-40(2,39)27-8-4-3-7-25(27)35-28-24(32)20-33-29(36-28)34-21-9-10-26(23(31)17-21)38-15-11-30(12-16-38)18-22(19-30)37-13-5-6-14-37/h3-4,7-10,17,20,22H,5-6,11-16,18-19H2,1-2H3,(H2,33,34,35,36). The Morgan fingerprint density at radius 2 is 1.68 bits per heavy atom. The monoisotopic (exact) mass is 598 g/mol. The molecule has 2 saturated heterocycles. The van der Waals surface area contributed by atoms with Gasteiger partial charge in [-0.15, -0.1) is 0 Å². The Balaban J connectivity index is 1.10. The number of aromatic nitrogens is 2. The molecule has 2 N–H and O–H groups in total. The fourth-order valence-electron chi connectivity index (χ4n) is 6.60. The van der Waals surface area contributed by atoms with E-state index >= 15 is 0 Å². The molecule has 0 unspecified atom stereocenters. The van der Waals surface area contributed by atoms with Crippen molar-refractivity contribution in [1.82, 2.24) is 14.9 Å². The molecule has 0 radical (unpaired) electrons. The molecule has 212 valence electrons. The number of nitrogens with one attached hydrogen (secondary N) is 2. The van der Waals surface area contributed by atoms with Crippen molar-refractivity contribution in [2.45, 2.75) is 44.6 Å². The Morgan fingerprint density at radius 1 is 0.950 bits per heavy atom. The molecule has 1 aromatic heterocycles. The largest absolute Gasteiger partial charge is 0.370 e. The van der Waals surface area contributed by atoms with Gasteiger partial charge in [-0.25, -0.2) is 4.98 Å². The third kappa shape index (κ3) is 5.85. The first-order valence-corrected chi connectivity index (χ1v) is 17.5. The minimum absolute atomic E-state index is 0.372. The number of rotatable bonds is 7. The van der Waals surface area contributed by atoms with Gasteiger partial charge >= 0.3 is 0 Å². The predicted octanol–water partition coefficient (Wildman–Crippen LogP) is 7.36. The number of halogens is 2. The minimum Gasteiger partial charge on any atom is -0.370 e. The summed E-state index contributed by atoms with van der Waals surface area (Å²) in [5.74, 6) is 0.829. The number of likely N-dealkylation sites (tertiary alicyclic amines) is 1. The maximum atomic E-state index is 12.8. The molecule has 10 heteroatoms. The fraction of sp³-hybridized carbons (Fsp3) is 0.467. The molecule has 6 rings (SSSR count). The van der Waals surface area contributed by atoms with Crippen molar-refractivity contribution in [3.63, 3.8) is 0 Å². The van der Waals surface area contributed by atoms with Crippen molar-refractivity contribution in [2.75, 3.05) is 55.0 Å². The fourth-order valence-corrected chi connectivity index (χ4v) is 8.19. The van der Waals surface area contributed by atoms with Crippen LogP contribution >= 0.6 is 30.3 Å². The minimum atomic E-state index is -2.50. The van der Waals surface area contributed by atoms with Gasteiger partial charge in [-0.3, -0.25) is 0 Å². The number of benzene rings is 2. The Kier molecular flexibility index (Phi) is 7.77. The molecule has 1 spiro atoms. The zero-order valence-electron chi connectivity index (χ0n) is 23.2. The third-order valence-corrected chi connectivity index (χ3v) is 11.0. The van der Waals surface area contributed by atoms with Gasteiger partial charge in [0, 0.05) is 30.1 Å². The molecular formula is C30H37Cl2N6OP. The van der Waals surface area contributed by atoms with Crippen LogP contribution in [0.15, 0.2) is 48.7 Å². The van der Waals surface area contributed by atoms with E-state index < -0.39 is 7.14 Å². The SMILES string of the molecule is CP(C)(=O)c1ccccc1Nc1nc(Nc2ccc(N3CCC4(CC3)CC(N3CCCC3)C4)c(Cl)c2)ncc1Cl. The molecule has 1 aliphatic carbocycles. The molecule has 0 amide bonds. The second-order valence-electron chi connectivity index (χ2n) is 12.0. The molecule has 2 aromatic carbocycles. The lowest BCUT2D eigenvalue weighted by Crippen LogP contribution is -2.54. The molecular weight excluding hydrogens is 562 g/mol. The first-order valence-electron chi connectivity index (χ1n) is 14.2. The average Bonchev–Trinajstić information content (AvgIpc) is 3.44. The lowest BCUT2D eigenvalue weighted by atomic mass is 9.60. The van der Waals surface area contributed by atoms with Crippen LogP contribution in [0.2, 0.25) is 10.0 Å². The van der Waals surface area contributed by atoms with Gasteiger partial charge in [0.2, 0.25) is 5.95 Å². The number of hydrogen-bond donors (Lipinski definition) is 2. The number of nitrogens with zero attached hydrogens (tertiary/aromatic N) is 4. The smallest absolute Gasteiger partial charge is 0.229 e. The third-order valence-electron chi connectivity index (χ3n) is 8.84. The van der Waals surface area contributed by atoms with Crippen LogP contribution in [0.5, 0.6) is 0 Å². The first-order chi connectivity index (χ1) is 19.2. The number of piperidine rings is 1. The van der Waals surface area contributed by atoms with Crippen molar-refractivity contribution in [1.29, 1.82) is 0 Å². The first kappa shape index (κ1) is 27.8. The van der Waals surface area contributed by atoms with E-state index in [1.807, 2.05) is 36.4 Å². The van der Waals surface area contributed by atoms with E-state index in [0.717, 1.165) is 35.8 Å². The highest BCUT2D eigenvalue weighted by Gasteiger charge is 2.48. The second kappa shape index (κ2) is 11.2. The zero-order valence-corrected chi connectivity index (χ0v) is 25.6. The van der Waals surface area contributed by atoms with Gasteiger partial charge in [-0.1, -0.05) is 35.3 Å². The van der Waals surface area contributed by atoms with Crippen LogP contribution in [0.4, 0.5) is 28.8 Å². The summed E-state index contributed by atoms with van der Waals surface area (Å²) >= 11 is 13.2. The molecule has 0 atom stereocenters. The van der Waals surface area contributed by atoms with E-state index in [1.54, 1.807) is 19.5 Å². The van der Waals surface area contributed by atoms with Gasteiger partial charge in [-0.2, -0.15) is 4.98 Å². The highest BCUT2D eigenvalue weighted by Crippen LogP contribution is 2.52. The van der Waals surface area contributed by atoms with Crippen molar-refractivity contribution < 1.29 is 4.57 Å². The topological polar surface area (TPSA) is 73.4 Å². The second-order valence-corrected chi connectivity index (χ2v) is 16.0. The van der Waals surface area contributed by atoms with Crippen LogP contribution in [0.1, 0.15) is 38.5 Å². The highest BCUT2D eigenvalue weighted by molar-refractivity contribution is 7.70. The van der Waals surface area contributed by atoms with Crippen molar-refractivity contribution in [2.24, 2.45) is 5.41 Å². The van der Waals surface area contributed by atoms with Crippen LogP contribution in [-0.2, 0) is 4.57 Å². The predicted molar refractivity (Wildman–Crippen MR) is 168 cm³/mol. The molecule has 40 heavy (non-hydrogen) atoms. The summed E-state index contributed by atoms with van der Waals surface area (Å²) in [4.78, 5) is 14.1. The molecule has 0 bridgehead atoms. The number of para-hydroxylation sites is 1. The van der Waals surface area contributed by atoms with E-state index in [0.29, 0.717) is 32.9 Å². The maximum Gasteiger partial charge on any atom is 0.229 e. The average molecular weight is 600 g/mol. The molecule has 3 heterocycles. The molecule has 1 saturated carbocycles. The van der Waals surface area contributed by atoms with Crippen LogP contribution in [0.3, 0.4) is 0 Å². The maximum absolute atomic E-state index is 12.8. The Morgan fingerprint density at radius 3 is 2.38 bits per heavy atom. The van der Waals surface area contributed by atoms with Crippen molar-refractivity contribution >= 4 is 64.5 Å². The Bertz CT molecular complexity index is 1420. The molecule has 7 nitrogen and oxygen atoms in total. The summed E-state index contributed by atoms with van der Waals surface area (Å²) < 4.78 is 12.8. The molecule has 3 aliphatic rings. The summed E-state index contributed by atoms with van der Waals surface area (Å²) in [5, 5.41) is 8.33.